The van der Waals surface area contributed by atoms with Gasteiger partial charge in [0.25, 0.3) is 0 Å². The molecule has 2 aromatic rings. The van der Waals surface area contributed by atoms with Gasteiger partial charge in [0.15, 0.2) is 5.11 Å². The van der Waals surface area contributed by atoms with Crippen molar-refractivity contribution >= 4 is 34.3 Å². The van der Waals surface area contributed by atoms with E-state index in [9.17, 15) is 0 Å². The summed E-state index contributed by atoms with van der Waals surface area (Å²) < 4.78 is 2.27. The summed E-state index contributed by atoms with van der Waals surface area (Å²) >= 11 is 5.69. The first-order valence-electron chi connectivity index (χ1n) is 8.27. The summed E-state index contributed by atoms with van der Waals surface area (Å²) in [4.78, 5) is 6.93. The van der Waals surface area contributed by atoms with Crippen LogP contribution in [0.15, 0.2) is 24.3 Å². The van der Waals surface area contributed by atoms with Crippen LogP contribution in [0.2, 0.25) is 0 Å². The van der Waals surface area contributed by atoms with Crippen LogP contribution in [-0.2, 0) is 6.54 Å². The van der Waals surface area contributed by atoms with Crippen molar-refractivity contribution in [2.45, 2.75) is 45.2 Å². The predicted molar refractivity (Wildman–Crippen MR) is 94.2 cm³/mol. The van der Waals surface area contributed by atoms with Gasteiger partial charge in [-0.25, -0.2) is 4.98 Å². The summed E-state index contributed by atoms with van der Waals surface area (Å²) in [5.41, 5.74) is 2.25. The Morgan fingerprint density at radius 3 is 2.91 bits per heavy atom. The van der Waals surface area contributed by atoms with Crippen molar-refractivity contribution < 1.29 is 0 Å². The first-order valence-corrected chi connectivity index (χ1v) is 8.68. The minimum Gasteiger partial charge on any atom is -0.359 e. The highest BCUT2D eigenvalue weighted by Crippen LogP contribution is 2.28. The highest BCUT2D eigenvalue weighted by atomic mass is 32.1. The van der Waals surface area contributed by atoms with Crippen molar-refractivity contribution in [1.82, 2.24) is 14.9 Å². The van der Waals surface area contributed by atoms with Crippen LogP contribution < -0.4 is 10.2 Å². The molecule has 4 rings (SSSR count). The molecule has 0 spiro atoms. The third-order valence-corrected chi connectivity index (χ3v) is 5.43. The van der Waals surface area contributed by atoms with Crippen molar-refractivity contribution in [3.05, 3.63) is 24.3 Å². The predicted octanol–water partition coefficient (Wildman–Crippen LogP) is 3.31. The SMILES string of the molecule is C[C@@H]1CCCC[C@@H]1NC(=S)N1CCn2c1nc1ccccc12. The number of fused-ring (bicyclic) bond motifs is 3. The van der Waals surface area contributed by atoms with E-state index in [-0.39, 0.29) is 0 Å². The smallest absolute Gasteiger partial charge is 0.213 e. The van der Waals surface area contributed by atoms with Gasteiger partial charge in [0.2, 0.25) is 5.95 Å². The molecule has 22 heavy (non-hydrogen) atoms. The highest BCUT2D eigenvalue weighted by molar-refractivity contribution is 7.80. The van der Waals surface area contributed by atoms with Crippen molar-refractivity contribution in [2.75, 3.05) is 11.4 Å². The van der Waals surface area contributed by atoms with Gasteiger partial charge in [-0.15, -0.1) is 0 Å². The number of para-hydroxylation sites is 2. The molecule has 1 saturated carbocycles. The van der Waals surface area contributed by atoms with Gasteiger partial charge in [-0.2, -0.15) is 0 Å². The second kappa shape index (κ2) is 5.54. The molecule has 0 saturated heterocycles. The van der Waals surface area contributed by atoms with Crippen LogP contribution >= 0.6 is 12.2 Å². The zero-order valence-electron chi connectivity index (χ0n) is 13.0. The van der Waals surface area contributed by atoms with Crippen LogP contribution in [0.3, 0.4) is 0 Å². The van der Waals surface area contributed by atoms with E-state index in [1.54, 1.807) is 0 Å². The van der Waals surface area contributed by atoms with E-state index in [0.717, 1.165) is 29.7 Å². The van der Waals surface area contributed by atoms with Crippen molar-refractivity contribution in [1.29, 1.82) is 0 Å². The lowest BCUT2D eigenvalue weighted by molar-refractivity contribution is 0.309. The van der Waals surface area contributed by atoms with Crippen LogP contribution in [-0.4, -0.2) is 27.3 Å². The number of rotatable bonds is 1. The monoisotopic (exact) mass is 314 g/mol. The summed E-state index contributed by atoms with van der Waals surface area (Å²) in [6.45, 7) is 4.21. The van der Waals surface area contributed by atoms with Crippen molar-refractivity contribution in [3.63, 3.8) is 0 Å². The molecule has 116 valence electrons. The molecule has 1 aromatic heterocycles. The average Bonchev–Trinajstić information content (AvgIpc) is 3.08. The van der Waals surface area contributed by atoms with Crippen LogP contribution in [0.25, 0.3) is 11.0 Å². The van der Waals surface area contributed by atoms with Gasteiger partial charge in [-0.05, 0) is 43.1 Å². The maximum atomic E-state index is 5.69. The molecule has 0 unspecified atom stereocenters. The Morgan fingerprint density at radius 1 is 1.23 bits per heavy atom. The number of aromatic nitrogens is 2. The third-order valence-electron chi connectivity index (χ3n) is 5.09. The molecular formula is C17H22N4S. The number of hydrogen-bond acceptors (Lipinski definition) is 2. The number of anilines is 1. The van der Waals surface area contributed by atoms with E-state index in [1.165, 1.54) is 31.2 Å². The summed E-state index contributed by atoms with van der Waals surface area (Å²) in [6.07, 6.45) is 5.19. The maximum Gasteiger partial charge on any atom is 0.213 e. The fraction of sp³-hybridized carbons (Fsp3) is 0.529. The van der Waals surface area contributed by atoms with Crippen LogP contribution in [0.5, 0.6) is 0 Å². The number of imidazole rings is 1. The highest BCUT2D eigenvalue weighted by Gasteiger charge is 2.29. The molecule has 0 bridgehead atoms. The van der Waals surface area contributed by atoms with E-state index < -0.39 is 0 Å². The Kier molecular flexibility index (Phi) is 3.53. The molecule has 1 aromatic carbocycles. The topological polar surface area (TPSA) is 33.1 Å². The quantitative estimate of drug-likeness (QED) is 0.819. The van der Waals surface area contributed by atoms with Crippen LogP contribution in [0.4, 0.5) is 5.95 Å². The molecular weight excluding hydrogens is 292 g/mol. The van der Waals surface area contributed by atoms with Crippen molar-refractivity contribution in [2.24, 2.45) is 5.92 Å². The average molecular weight is 314 g/mol. The molecule has 2 atom stereocenters. The fourth-order valence-corrected chi connectivity index (χ4v) is 4.07. The molecule has 1 N–H and O–H groups in total. The Balaban J connectivity index is 1.56. The van der Waals surface area contributed by atoms with E-state index in [4.69, 9.17) is 17.2 Å². The molecule has 1 aliphatic heterocycles. The van der Waals surface area contributed by atoms with Gasteiger partial charge in [0.05, 0.1) is 11.0 Å². The first kappa shape index (κ1) is 14.0. The zero-order chi connectivity index (χ0) is 15.1. The molecule has 0 amide bonds. The fourth-order valence-electron chi connectivity index (χ4n) is 3.75. The molecule has 1 aliphatic carbocycles. The van der Waals surface area contributed by atoms with Gasteiger partial charge in [-0.3, -0.25) is 4.90 Å². The summed E-state index contributed by atoms with van der Waals surface area (Å²) in [6, 6.07) is 8.82. The van der Waals surface area contributed by atoms with Gasteiger partial charge in [-0.1, -0.05) is 31.9 Å². The van der Waals surface area contributed by atoms with Crippen LogP contribution in [0.1, 0.15) is 32.6 Å². The third kappa shape index (κ3) is 2.28. The van der Waals surface area contributed by atoms with Crippen LogP contribution in [0, 0.1) is 5.92 Å². The normalized spacial score (nSPS) is 24.5. The molecule has 0 radical (unpaired) electrons. The lowest BCUT2D eigenvalue weighted by Crippen LogP contribution is -2.47. The minimum absolute atomic E-state index is 0.514. The largest absolute Gasteiger partial charge is 0.359 e. The molecule has 4 nitrogen and oxygen atoms in total. The van der Waals surface area contributed by atoms with Crippen molar-refractivity contribution in [3.8, 4) is 0 Å². The molecule has 5 heteroatoms. The Hall–Kier alpha value is -1.62. The lowest BCUT2D eigenvalue weighted by Gasteiger charge is -2.32. The van der Waals surface area contributed by atoms with E-state index >= 15 is 0 Å². The van der Waals surface area contributed by atoms with Gasteiger partial charge >= 0.3 is 0 Å². The van der Waals surface area contributed by atoms with E-state index in [2.05, 4.69) is 39.9 Å². The lowest BCUT2D eigenvalue weighted by atomic mass is 9.86. The zero-order valence-corrected chi connectivity index (χ0v) is 13.8. The number of nitrogens with zero attached hydrogens (tertiary/aromatic N) is 3. The van der Waals surface area contributed by atoms with Gasteiger partial charge < -0.3 is 9.88 Å². The van der Waals surface area contributed by atoms with E-state index in [1.807, 2.05) is 6.07 Å². The Bertz CT molecular complexity index is 708. The Morgan fingerprint density at radius 2 is 2.05 bits per heavy atom. The van der Waals surface area contributed by atoms with Gasteiger partial charge in [0.1, 0.15) is 0 Å². The number of thiocarbonyl (C=S) groups is 1. The van der Waals surface area contributed by atoms with Gasteiger partial charge in [0, 0.05) is 19.1 Å². The second-order valence-corrected chi connectivity index (χ2v) is 6.91. The number of benzene rings is 1. The van der Waals surface area contributed by atoms with E-state index in [0.29, 0.717) is 12.0 Å². The second-order valence-electron chi connectivity index (χ2n) is 6.52. The molecule has 2 aliphatic rings. The number of nitrogens with one attached hydrogen (secondary N) is 1. The summed E-state index contributed by atoms with van der Waals surface area (Å²) in [5, 5.41) is 4.44. The first-order chi connectivity index (χ1) is 10.7. The standard InChI is InChI=1S/C17H22N4S/c1-12-6-2-3-7-13(12)19-17(22)21-11-10-20-15-9-5-4-8-14(15)18-16(20)21/h4-5,8-9,12-13H,2-3,6-7,10-11H2,1H3,(H,19,22)/t12-,13+/m1/s1. The maximum absolute atomic E-state index is 5.69. The summed E-state index contributed by atoms with van der Waals surface area (Å²) in [7, 11) is 0. The number of hydrogen-bond donors (Lipinski definition) is 1. The minimum atomic E-state index is 0.514. The summed E-state index contributed by atoms with van der Waals surface area (Å²) in [5.74, 6) is 1.69. The molecule has 1 fully saturated rings. The molecule has 2 heterocycles. The Labute approximate surface area is 136 Å².